The molecule has 1 rings (SSSR count). The van der Waals surface area contributed by atoms with Crippen LogP contribution in [0.4, 0.5) is 0 Å². The van der Waals surface area contributed by atoms with Crippen LogP contribution in [0.25, 0.3) is 0 Å². The second kappa shape index (κ2) is 6.48. The maximum atomic E-state index is 11.6. The zero-order chi connectivity index (χ0) is 13.6. The van der Waals surface area contributed by atoms with E-state index in [1.165, 1.54) is 0 Å². The van der Waals surface area contributed by atoms with E-state index in [-0.39, 0.29) is 19.0 Å². The fourth-order valence-corrected chi connectivity index (χ4v) is 1.78. The Bertz CT molecular complexity index is 497. The summed E-state index contributed by atoms with van der Waals surface area (Å²) in [4.78, 5) is 11.6. The molecule has 0 heterocycles. The zero-order valence-electron chi connectivity index (χ0n) is 10.1. The van der Waals surface area contributed by atoms with Crippen molar-refractivity contribution in [2.75, 3.05) is 19.3 Å². The quantitative estimate of drug-likeness (QED) is 0.603. The third-order valence-electron chi connectivity index (χ3n) is 2.23. The molecule has 0 aliphatic carbocycles. The molecule has 100 valence electrons. The molecule has 0 spiro atoms. The SMILES string of the molecule is CS(=O)(=O)NCCNC(=O)c1ccc(CN)cc1. The minimum Gasteiger partial charge on any atom is -0.351 e. The fourth-order valence-electron chi connectivity index (χ4n) is 1.31. The summed E-state index contributed by atoms with van der Waals surface area (Å²) < 4.78 is 23.8. The molecule has 1 aromatic carbocycles. The number of nitrogens with two attached hydrogens (primary N) is 1. The Morgan fingerprint density at radius 2 is 1.83 bits per heavy atom. The standard InChI is InChI=1S/C11H17N3O3S/c1-18(16,17)14-7-6-13-11(15)10-4-2-9(8-12)3-5-10/h2-5,14H,6-8,12H2,1H3,(H,13,15). The third kappa shape index (κ3) is 5.26. The molecule has 6 nitrogen and oxygen atoms in total. The van der Waals surface area contributed by atoms with Crippen LogP contribution in [-0.2, 0) is 16.6 Å². The first-order valence-corrected chi connectivity index (χ1v) is 7.33. The fraction of sp³-hybridized carbons (Fsp3) is 0.364. The van der Waals surface area contributed by atoms with Gasteiger partial charge in [0, 0.05) is 25.2 Å². The van der Waals surface area contributed by atoms with E-state index in [9.17, 15) is 13.2 Å². The Labute approximate surface area is 107 Å². The van der Waals surface area contributed by atoms with Crippen molar-refractivity contribution in [2.45, 2.75) is 6.54 Å². The minimum absolute atomic E-state index is 0.172. The van der Waals surface area contributed by atoms with Crippen molar-refractivity contribution < 1.29 is 13.2 Å². The number of rotatable bonds is 6. The number of nitrogens with one attached hydrogen (secondary N) is 2. The molecule has 0 unspecified atom stereocenters. The van der Waals surface area contributed by atoms with Gasteiger partial charge >= 0.3 is 0 Å². The van der Waals surface area contributed by atoms with E-state index in [1.54, 1.807) is 24.3 Å². The number of carbonyl (C=O) groups is 1. The van der Waals surface area contributed by atoms with Crippen LogP contribution in [-0.4, -0.2) is 33.7 Å². The first kappa shape index (κ1) is 14.6. The van der Waals surface area contributed by atoms with Crippen LogP contribution >= 0.6 is 0 Å². The number of sulfonamides is 1. The summed E-state index contributed by atoms with van der Waals surface area (Å²) in [5.41, 5.74) is 6.92. The van der Waals surface area contributed by atoms with E-state index < -0.39 is 10.0 Å². The van der Waals surface area contributed by atoms with Crippen molar-refractivity contribution in [3.05, 3.63) is 35.4 Å². The molecule has 0 aromatic heterocycles. The lowest BCUT2D eigenvalue weighted by Crippen LogP contribution is -2.34. The van der Waals surface area contributed by atoms with Gasteiger partial charge in [0.25, 0.3) is 5.91 Å². The second-order valence-electron chi connectivity index (χ2n) is 3.82. The summed E-state index contributed by atoms with van der Waals surface area (Å²) in [5, 5.41) is 2.61. The monoisotopic (exact) mass is 271 g/mol. The molecule has 0 radical (unpaired) electrons. The van der Waals surface area contributed by atoms with Gasteiger partial charge in [-0.3, -0.25) is 4.79 Å². The van der Waals surface area contributed by atoms with Gasteiger partial charge in [-0.1, -0.05) is 12.1 Å². The molecular formula is C11H17N3O3S. The van der Waals surface area contributed by atoms with E-state index >= 15 is 0 Å². The summed E-state index contributed by atoms with van der Waals surface area (Å²) in [7, 11) is -3.21. The highest BCUT2D eigenvalue weighted by molar-refractivity contribution is 7.88. The summed E-state index contributed by atoms with van der Waals surface area (Å²) in [6.07, 6.45) is 1.07. The molecule has 1 aromatic rings. The lowest BCUT2D eigenvalue weighted by atomic mass is 10.1. The minimum atomic E-state index is -3.21. The number of hydrogen-bond acceptors (Lipinski definition) is 4. The molecule has 7 heteroatoms. The lowest BCUT2D eigenvalue weighted by molar-refractivity contribution is 0.0954. The molecular weight excluding hydrogens is 254 g/mol. The van der Waals surface area contributed by atoms with Gasteiger partial charge in [0.15, 0.2) is 0 Å². The predicted molar refractivity (Wildman–Crippen MR) is 69.5 cm³/mol. The largest absolute Gasteiger partial charge is 0.351 e. The topological polar surface area (TPSA) is 101 Å². The Morgan fingerprint density at radius 3 is 2.33 bits per heavy atom. The van der Waals surface area contributed by atoms with Crippen LogP contribution in [0.15, 0.2) is 24.3 Å². The average molecular weight is 271 g/mol. The maximum absolute atomic E-state index is 11.6. The number of carbonyl (C=O) groups excluding carboxylic acids is 1. The van der Waals surface area contributed by atoms with Crippen molar-refractivity contribution in [3.63, 3.8) is 0 Å². The second-order valence-corrected chi connectivity index (χ2v) is 5.66. The van der Waals surface area contributed by atoms with Crippen LogP contribution in [0.5, 0.6) is 0 Å². The molecule has 0 aliphatic heterocycles. The number of benzene rings is 1. The smallest absolute Gasteiger partial charge is 0.251 e. The normalized spacial score (nSPS) is 11.2. The van der Waals surface area contributed by atoms with Gasteiger partial charge in [-0.15, -0.1) is 0 Å². The number of amides is 1. The molecule has 1 amide bonds. The van der Waals surface area contributed by atoms with Gasteiger partial charge < -0.3 is 11.1 Å². The molecule has 0 atom stereocenters. The molecule has 0 aliphatic rings. The predicted octanol–water partition coefficient (Wildman–Crippen LogP) is -0.576. The van der Waals surface area contributed by atoms with E-state index in [0.717, 1.165) is 11.8 Å². The average Bonchev–Trinajstić information content (AvgIpc) is 2.33. The van der Waals surface area contributed by atoms with Crippen molar-refractivity contribution in [1.29, 1.82) is 0 Å². The van der Waals surface area contributed by atoms with Gasteiger partial charge in [0.1, 0.15) is 0 Å². The van der Waals surface area contributed by atoms with Gasteiger partial charge in [0.05, 0.1) is 6.26 Å². The Morgan fingerprint density at radius 1 is 1.22 bits per heavy atom. The van der Waals surface area contributed by atoms with Gasteiger partial charge in [-0.05, 0) is 17.7 Å². The van der Waals surface area contributed by atoms with Crippen molar-refractivity contribution in [3.8, 4) is 0 Å². The molecule has 0 fully saturated rings. The van der Waals surface area contributed by atoms with Crippen molar-refractivity contribution in [2.24, 2.45) is 5.73 Å². The van der Waals surface area contributed by atoms with Crippen LogP contribution in [0.3, 0.4) is 0 Å². The molecule has 4 N–H and O–H groups in total. The summed E-state index contributed by atoms with van der Waals surface area (Å²) in [6, 6.07) is 6.93. The van der Waals surface area contributed by atoms with E-state index in [1.807, 2.05) is 0 Å². The summed E-state index contributed by atoms with van der Waals surface area (Å²) >= 11 is 0. The zero-order valence-corrected chi connectivity index (χ0v) is 11.0. The third-order valence-corrected chi connectivity index (χ3v) is 2.96. The highest BCUT2D eigenvalue weighted by atomic mass is 32.2. The molecule has 0 saturated carbocycles. The van der Waals surface area contributed by atoms with Crippen LogP contribution < -0.4 is 15.8 Å². The van der Waals surface area contributed by atoms with E-state index in [4.69, 9.17) is 5.73 Å². The number of hydrogen-bond donors (Lipinski definition) is 3. The lowest BCUT2D eigenvalue weighted by Gasteiger charge is -2.06. The first-order chi connectivity index (χ1) is 8.42. The van der Waals surface area contributed by atoms with Gasteiger partial charge in [-0.25, -0.2) is 13.1 Å². The highest BCUT2D eigenvalue weighted by Crippen LogP contribution is 2.03. The summed E-state index contributed by atoms with van der Waals surface area (Å²) in [5.74, 6) is -0.242. The molecule has 0 saturated heterocycles. The Balaban J connectivity index is 2.40. The van der Waals surface area contributed by atoms with Crippen molar-refractivity contribution >= 4 is 15.9 Å². The van der Waals surface area contributed by atoms with E-state index in [0.29, 0.717) is 12.1 Å². The van der Waals surface area contributed by atoms with Crippen LogP contribution in [0.2, 0.25) is 0 Å². The summed E-state index contributed by atoms with van der Waals surface area (Å²) in [6.45, 7) is 0.843. The van der Waals surface area contributed by atoms with Crippen LogP contribution in [0, 0.1) is 0 Å². The Hall–Kier alpha value is -1.44. The Kier molecular flexibility index (Phi) is 5.26. The van der Waals surface area contributed by atoms with Gasteiger partial charge in [-0.2, -0.15) is 0 Å². The van der Waals surface area contributed by atoms with Gasteiger partial charge in [0.2, 0.25) is 10.0 Å². The molecule has 0 bridgehead atoms. The highest BCUT2D eigenvalue weighted by Gasteiger charge is 2.05. The first-order valence-electron chi connectivity index (χ1n) is 5.44. The maximum Gasteiger partial charge on any atom is 0.251 e. The van der Waals surface area contributed by atoms with Crippen LogP contribution in [0.1, 0.15) is 15.9 Å². The van der Waals surface area contributed by atoms with Crippen molar-refractivity contribution in [1.82, 2.24) is 10.0 Å². The van der Waals surface area contributed by atoms with E-state index in [2.05, 4.69) is 10.0 Å². The molecule has 18 heavy (non-hydrogen) atoms.